The molecule has 0 aliphatic heterocycles. The Hall–Kier alpha value is -0.900. The van der Waals surface area contributed by atoms with Crippen molar-refractivity contribution in [1.82, 2.24) is 25.4 Å². The van der Waals surface area contributed by atoms with E-state index in [-0.39, 0.29) is 35.5 Å². The monoisotopic (exact) mass is 410 g/mol. The Balaban J connectivity index is 0.00000400. The number of aliphatic imine (C=N–C) groups is 1. The Kier molecular flexibility index (Phi) is 8.79. The third-order valence-electron chi connectivity index (χ3n) is 3.15. The van der Waals surface area contributed by atoms with Crippen LogP contribution in [0.2, 0.25) is 0 Å². The van der Waals surface area contributed by atoms with Gasteiger partial charge in [-0.05, 0) is 5.41 Å². The number of rotatable bonds is 5. The number of hydrogen-bond donors (Lipinski definition) is 2. The SMILES string of the molecule is CN=C(NCc1ncnn1C)NCC(OC)C(C)(C)C.I. The van der Waals surface area contributed by atoms with Crippen LogP contribution in [0.25, 0.3) is 0 Å². The molecule has 122 valence electrons. The largest absolute Gasteiger partial charge is 0.379 e. The van der Waals surface area contributed by atoms with Crippen LogP contribution >= 0.6 is 24.0 Å². The van der Waals surface area contributed by atoms with Crippen molar-refractivity contribution in [2.24, 2.45) is 17.5 Å². The molecule has 1 heterocycles. The van der Waals surface area contributed by atoms with E-state index in [1.54, 1.807) is 18.8 Å². The summed E-state index contributed by atoms with van der Waals surface area (Å²) in [6.45, 7) is 7.72. The molecule has 0 fully saturated rings. The molecule has 0 bridgehead atoms. The minimum atomic E-state index is 0. The van der Waals surface area contributed by atoms with E-state index in [2.05, 4.69) is 46.5 Å². The van der Waals surface area contributed by atoms with Crippen molar-refractivity contribution < 1.29 is 4.74 Å². The van der Waals surface area contributed by atoms with Gasteiger partial charge in [-0.2, -0.15) is 5.10 Å². The van der Waals surface area contributed by atoms with Gasteiger partial charge in [0.15, 0.2) is 5.96 Å². The maximum atomic E-state index is 5.51. The predicted molar refractivity (Wildman–Crippen MR) is 94.9 cm³/mol. The average Bonchev–Trinajstić information content (AvgIpc) is 2.78. The summed E-state index contributed by atoms with van der Waals surface area (Å²) >= 11 is 0. The molecule has 0 aliphatic carbocycles. The van der Waals surface area contributed by atoms with Crippen LogP contribution in [0.1, 0.15) is 26.6 Å². The zero-order valence-electron chi connectivity index (χ0n) is 13.7. The van der Waals surface area contributed by atoms with E-state index < -0.39 is 0 Å². The lowest BCUT2D eigenvalue weighted by atomic mass is 9.89. The van der Waals surface area contributed by atoms with E-state index in [0.29, 0.717) is 13.1 Å². The molecule has 8 heteroatoms. The number of aromatic nitrogens is 3. The second-order valence-corrected chi connectivity index (χ2v) is 5.70. The number of ether oxygens (including phenoxy) is 1. The third kappa shape index (κ3) is 6.60. The van der Waals surface area contributed by atoms with Gasteiger partial charge in [0.05, 0.1) is 12.6 Å². The van der Waals surface area contributed by atoms with Gasteiger partial charge in [-0.3, -0.25) is 9.67 Å². The van der Waals surface area contributed by atoms with Gasteiger partial charge in [0.25, 0.3) is 0 Å². The molecule has 2 N–H and O–H groups in total. The molecule has 1 unspecified atom stereocenters. The second kappa shape index (κ2) is 9.19. The van der Waals surface area contributed by atoms with E-state index in [4.69, 9.17) is 4.74 Å². The van der Waals surface area contributed by atoms with Gasteiger partial charge in [-0.15, -0.1) is 24.0 Å². The van der Waals surface area contributed by atoms with Crippen LogP contribution in [0.5, 0.6) is 0 Å². The summed E-state index contributed by atoms with van der Waals surface area (Å²) in [6.07, 6.45) is 1.64. The Bertz CT molecular complexity index is 440. The highest BCUT2D eigenvalue weighted by molar-refractivity contribution is 14.0. The highest BCUT2D eigenvalue weighted by atomic mass is 127. The molecule has 0 saturated carbocycles. The zero-order chi connectivity index (χ0) is 15.2. The standard InChI is InChI=1S/C13H26N6O.HI/c1-13(2,3)10(20-6)7-15-12(14-4)16-8-11-17-9-18-19(11)5;/h9-10H,7-8H2,1-6H3,(H2,14,15,16);1H. The summed E-state index contributed by atoms with van der Waals surface area (Å²) in [5.41, 5.74) is 0.0736. The molecule has 0 saturated heterocycles. The van der Waals surface area contributed by atoms with E-state index in [1.807, 2.05) is 7.05 Å². The first-order valence-electron chi connectivity index (χ1n) is 6.68. The summed E-state index contributed by atoms with van der Waals surface area (Å²) in [4.78, 5) is 8.34. The lowest BCUT2D eigenvalue weighted by molar-refractivity contribution is 0.0205. The lowest BCUT2D eigenvalue weighted by Gasteiger charge is -2.30. The van der Waals surface area contributed by atoms with Gasteiger partial charge in [-0.1, -0.05) is 20.8 Å². The van der Waals surface area contributed by atoms with Crippen LogP contribution in [0, 0.1) is 5.41 Å². The van der Waals surface area contributed by atoms with Gasteiger partial charge >= 0.3 is 0 Å². The number of hydrogen-bond acceptors (Lipinski definition) is 4. The van der Waals surface area contributed by atoms with E-state index in [1.165, 1.54) is 6.33 Å². The number of guanidine groups is 1. The molecular formula is C13H27IN6O. The van der Waals surface area contributed by atoms with E-state index in [9.17, 15) is 0 Å². The van der Waals surface area contributed by atoms with Gasteiger partial charge in [-0.25, -0.2) is 4.98 Å². The molecule has 7 nitrogen and oxygen atoms in total. The van der Waals surface area contributed by atoms with Crippen molar-refractivity contribution in [3.05, 3.63) is 12.2 Å². The van der Waals surface area contributed by atoms with E-state index in [0.717, 1.165) is 11.8 Å². The van der Waals surface area contributed by atoms with Crippen LogP contribution in [-0.2, 0) is 18.3 Å². The van der Waals surface area contributed by atoms with Gasteiger partial charge in [0, 0.05) is 27.7 Å². The molecular weight excluding hydrogens is 383 g/mol. The van der Waals surface area contributed by atoms with Crippen molar-refractivity contribution >= 4 is 29.9 Å². The Morgan fingerprint density at radius 3 is 2.52 bits per heavy atom. The number of aryl methyl sites for hydroxylation is 1. The predicted octanol–water partition coefficient (Wildman–Crippen LogP) is 1.16. The summed E-state index contributed by atoms with van der Waals surface area (Å²) < 4.78 is 7.24. The fourth-order valence-corrected chi connectivity index (χ4v) is 1.80. The molecule has 1 aromatic rings. The quantitative estimate of drug-likeness (QED) is 0.433. The first-order chi connectivity index (χ1) is 9.38. The fourth-order valence-electron chi connectivity index (χ4n) is 1.80. The number of nitrogens with zero attached hydrogens (tertiary/aromatic N) is 4. The topological polar surface area (TPSA) is 76.4 Å². The Morgan fingerprint density at radius 2 is 2.10 bits per heavy atom. The normalized spacial score (nSPS) is 13.5. The molecule has 0 aliphatic rings. The molecule has 0 radical (unpaired) electrons. The van der Waals surface area contributed by atoms with Crippen LogP contribution in [0.4, 0.5) is 0 Å². The summed E-state index contributed by atoms with van der Waals surface area (Å²) in [7, 11) is 5.33. The van der Waals surface area contributed by atoms with Crippen molar-refractivity contribution in [1.29, 1.82) is 0 Å². The first kappa shape index (κ1) is 20.1. The Labute approximate surface area is 144 Å². The Morgan fingerprint density at radius 1 is 1.43 bits per heavy atom. The van der Waals surface area contributed by atoms with Gasteiger partial charge in [0.1, 0.15) is 12.2 Å². The van der Waals surface area contributed by atoms with E-state index >= 15 is 0 Å². The number of halogens is 1. The van der Waals surface area contributed by atoms with Crippen LogP contribution < -0.4 is 10.6 Å². The molecule has 0 amide bonds. The van der Waals surface area contributed by atoms with Crippen LogP contribution in [-0.4, -0.2) is 47.5 Å². The lowest BCUT2D eigenvalue weighted by Crippen LogP contribution is -2.45. The minimum absolute atomic E-state index is 0. The summed E-state index contributed by atoms with van der Waals surface area (Å²) in [5, 5.41) is 10.5. The smallest absolute Gasteiger partial charge is 0.191 e. The van der Waals surface area contributed by atoms with Crippen molar-refractivity contribution in [2.75, 3.05) is 20.7 Å². The first-order valence-corrected chi connectivity index (χ1v) is 6.68. The average molecular weight is 410 g/mol. The second-order valence-electron chi connectivity index (χ2n) is 5.70. The number of nitrogens with one attached hydrogen (secondary N) is 2. The fraction of sp³-hybridized carbons (Fsp3) is 0.769. The molecule has 0 aromatic carbocycles. The van der Waals surface area contributed by atoms with Crippen molar-refractivity contribution in [3.8, 4) is 0 Å². The zero-order valence-corrected chi connectivity index (χ0v) is 16.0. The summed E-state index contributed by atoms with van der Waals surface area (Å²) in [5.74, 6) is 1.58. The maximum absolute atomic E-state index is 5.51. The molecule has 1 aromatic heterocycles. The number of methoxy groups -OCH3 is 1. The molecule has 1 atom stereocenters. The highest BCUT2D eigenvalue weighted by Crippen LogP contribution is 2.20. The summed E-state index contributed by atoms with van der Waals surface area (Å²) in [6, 6.07) is 0. The third-order valence-corrected chi connectivity index (χ3v) is 3.15. The van der Waals surface area contributed by atoms with Crippen LogP contribution in [0.3, 0.4) is 0 Å². The van der Waals surface area contributed by atoms with Crippen molar-refractivity contribution in [2.45, 2.75) is 33.4 Å². The molecule has 0 spiro atoms. The maximum Gasteiger partial charge on any atom is 0.191 e. The van der Waals surface area contributed by atoms with Gasteiger partial charge < -0.3 is 15.4 Å². The minimum Gasteiger partial charge on any atom is -0.379 e. The van der Waals surface area contributed by atoms with Gasteiger partial charge in [0.2, 0.25) is 0 Å². The van der Waals surface area contributed by atoms with Crippen LogP contribution in [0.15, 0.2) is 11.3 Å². The molecule has 21 heavy (non-hydrogen) atoms. The highest BCUT2D eigenvalue weighted by Gasteiger charge is 2.24. The molecule has 1 rings (SSSR count). The van der Waals surface area contributed by atoms with Crippen molar-refractivity contribution in [3.63, 3.8) is 0 Å².